The number of nitrogens with zero attached hydrogens (tertiary/aromatic N) is 1. The summed E-state index contributed by atoms with van der Waals surface area (Å²) >= 11 is 0. The number of para-hydroxylation sites is 1. The van der Waals surface area contributed by atoms with E-state index in [1.807, 2.05) is 6.92 Å². The van der Waals surface area contributed by atoms with Crippen molar-refractivity contribution in [3.8, 4) is 5.75 Å². The fourth-order valence-electron chi connectivity index (χ4n) is 2.35. The Morgan fingerprint density at radius 3 is 2.48 bits per heavy atom. The lowest BCUT2D eigenvalue weighted by atomic mass is 10.1. The van der Waals surface area contributed by atoms with Crippen LogP contribution in [0.4, 0.5) is 13.2 Å². The molecule has 0 bridgehead atoms. The number of aliphatic imine (C=N–C) groups is 1. The molecule has 27 heavy (non-hydrogen) atoms. The Labute approximate surface area is 155 Å². The Kier molecular flexibility index (Phi) is 7.94. The summed E-state index contributed by atoms with van der Waals surface area (Å²) in [4.78, 5) is 4.33. The molecule has 0 radical (unpaired) electrons. The standard InChI is InChI=1S/C19H22F3N3O2/c1-2-23-19(25-12-16(26)13-7-9-15(20)10-8-13)24-11-14-5-3-4-6-17(14)27-18(21)22/h3-10,16,18,26H,2,11-12H2,1H3,(H2,23,24,25). The van der Waals surface area contributed by atoms with Crippen LogP contribution < -0.4 is 15.4 Å². The third-order valence-electron chi connectivity index (χ3n) is 3.66. The van der Waals surface area contributed by atoms with Gasteiger partial charge in [-0.1, -0.05) is 30.3 Å². The summed E-state index contributed by atoms with van der Waals surface area (Å²) in [5.41, 5.74) is 1.07. The summed E-state index contributed by atoms with van der Waals surface area (Å²) in [5.74, 6) is 0.0995. The Bertz CT molecular complexity index is 739. The van der Waals surface area contributed by atoms with Crippen LogP contribution in [0.2, 0.25) is 0 Å². The molecular weight excluding hydrogens is 359 g/mol. The molecule has 0 amide bonds. The molecule has 0 aliphatic rings. The highest BCUT2D eigenvalue weighted by atomic mass is 19.3. The van der Waals surface area contributed by atoms with Crippen molar-refractivity contribution in [2.75, 3.05) is 13.1 Å². The molecule has 146 valence electrons. The smallest absolute Gasteiger partial charge is 0.387 e. The van der Waals surface area contributed by atoms with Crippen molar-refractivity contribution in [3.05, 3.63) is 65.5 Å². The molecule has 0 saturated carbocycles. The van der Waals surface area contributed by atoms with Crippen LogP contribution in [0.25, 0.3) is 0 Å². The molecule has 1 atom stereocenters. The number of hydrogen-bond acceptors (Lipinski definition) is 3. The van der Waals surface area contributed by atoms with Crippen LogP contribution in [-0.2, 0) is 6.54 Å². The molecule has 0 fully saturated rings. The highest BCUT2D eigenvalue weighted by Gasteiger charge is 2.11. The van der Waals surface area contributed by atoms with Gasteiger partial charge in [-0.25, -0.2) is 9.38 Å². The fraction of sp³-hybridized carbons (Fsp3) is 0.316. The van der Waals surface area contributed by atoms with Gasteiger partial charge in [-0.05, 0) is 30.7 Å². The Morgan fingerprint density at radius 1 is 1.11 bits per heavy atom. The molecule has 0 aliphatic heterocycles. The largest absolute Gasteiger partial charge is 0.434 e. The van der Waals surface area contributed by atoms with Gasteiger partial charge < -0.3 is 20.5 Å². The maximum Gasteiger partial charge on any atom is 0.387 e. The lowest BCUT2D eigenvalue weighted by Crippen LogP contribution is -2.39. The minimum atomic E-state index is -2.91. The third kappa shape index (κ3) is 6.82. The quantitative estimate of drug-likeness (QED) is 0.485. The minimum Gasteiger partial charge on any atom is -0.434 e. The number of benzene rings is 2. The van der Waals surface area contributed by atoms with E-state index in [1.165, 1.54) is 30.3 Å². The molecule has 1 unspecified atom stereocenters. The molecule has 2 aromatic carbocycles. The molecule has 0 aromatic heterocycles. The monoisotopic (exact) mass is 381 g/mol. The van der Waals surface area contributed by atoms with Gasteiger partial charge in [-0.3, -0.25) is 0 Å². The van der Waals surface area contributed by atoms with E-state index < -0.39 is 12.7 Å². The maximum absolute atomic E-state index is 13.0. The number of nitrogens with one attached hydrogen (secondary N) is 2. The van der Waals surface area contributed by atoms with Gasteiger partial charge in [-0.2, -0.15) is 8.78 Å². The molecule has 0 saturated heterocycles. The molecule has 0 heterocycles. The molecule has 5 nitrogen and oxygen atoms in total. The first kappa shape index (κ1) is 20.6. The first-order valence-electron chi connectivity index (χ1n) is 8.48. The van der Waals surface area contributed by atoms with Gasteiger partial charge in [0.2, 0.25) is 0 Å². The first-order chi connectivity index (χ1) is 13.0. The van der Waals surface area contributed by atoms with E-state index in [0.29, 0.717) is 23.6 Å². The second kappa shape index (κ2) is 10.4. The number of halogens is 3. The normalized spacial score (nSPS) is 12.7. The van der Waals surface area contributed by atoms with E-state index in [0.717, 1.165) is 0 Å². The molecule has 0 aliphatic carbocycles. The lowest BCUT2D eigenvalue weighted by Gasteiger charge is -2.16. The summed E-state index contributed by atoms with van der Waals surface area (Å²) in [7, 11) is 0. The van der Waals surface area contributed by atoms with Crippen LogP contribution in [0.5, 0.6) is 5.75 Å². The number of hydrogen-bond donors (Lipinski definition) is 3. The minimum absolute atomic E-state index is 0.0680. The summed E-state index contributed by atoms with van der Waals surface area (Å²) in [6.45, 7) is -0.195. The zero-order valence-corrected chi connectivity index (χ0v) is 14.8. The van der Waals surface area contributed by atoms with Crippen LogP contribution >= 0.6 is 0 Å². The van der Waals surface area contributed by atoms with Crippen LogP contribution in [0.3, 0.4) is 0 Å². The molecule has 2 aromatic rings. The van der Waals surface area contributed by atoms with Gasteiger partial charge >= 0.3 is 6.61 Å². The van der Waals surface area contributed by atoms with Gasteiger partial charge in [0.15, 0.2) is 5.96 Å². The van der Waals surface area contributed by atoms with Gasteiger partial charge in [0.05, 0.1) is 12.6 Å². The van der Waals surface area contributed by atoms with Crippen molar-refractivity contribution in [3.63, 3.8) is 0 Å². The lowest BCUT2D eigenvalue weighted by molar-refractivity contribution is -0.0504. The zero-order chi connectivity index (χ0) is 19.6. The van der Waals surface area contributed by atoms with Crippen molar-refractivity contribution >= 4 is 5.96 Å². The average molecular weight is 381 g/mol. The molecule has 0 spiro atoms. The van der Waals surface area contributed by atoms with E-state index in [1.54, 1.807) is 18.2 Å². The van der Waals surface area contributed by atoms with Gasteiger partial charge in [0, 0.05) is 18.7 Å². The summed E-state index contributed by atoms with van der Waals surface area (Å²) in [5, 5.41) is 16.2. The van der Waals surface area contributed by atoms with Crippen molar-refractivity contribution in [2.24, 2.45) is 4.99 Å². The molecule has 3 N–H and O–H groups in total. The number of ether oxygens (including phenoxy) is 1. The first-order valence-corrected chi connectivity index (χ1v) is 8.48. The highest BCUT2D eigenvalue weighted by Crippen LogP contribution is 2.21. The number of guanidine groups is 1. The SMILES string of the molecule is CCNC(=NCc1ccccc1OC(F)F)NCC(O)c1ccc(F)cc1. The van der Waals surface area contributed by atoms with Gasteiger partial charge in [0.25, 0.3) is 0 Å². The van der Waals surface area contributed by atoms with Crippen LogP contribution in [0.15, 0.2) is 53.5 Å². The third-order valence-corrected chi connectivity index (χ3v) is 3.66. The van der Waals surface area contributed by atoms with Crippen molar-refractivity contribution in [1.82, 2.24) is 10.6 Å². The molecule has 8 heteroatoms. The number of rotatable bonds is 8. The van der Waals surface area contributed by atoms with Gasteiger partial charge in [-0.15, -0.1) is 0 Å². The predicted molar refractivity (Wildman–Crippen MR) is 97.3 cm³/mol. The second-order valence-corrected chi connectivity index (χ2v) is 5.63. The van der Waals surface area contributed by atoms with E-state index in [4.69, 9.17) is 0 Å². The highest BCUT2D eigenvalue weighted by molar-refractivity contribution is 5.79. The van der Waals surface area contributed by atoms with Gasteiger partial charge in [0.1, 0.15) is 11.6 Å². The summed E-state index contributed by atoms with van der Waals surface area (Å²) < 4.78 is 42.4. The van der Waals surface area contributed by atoms with E-state index in [-0.39, 0.29) is 24.7 Å². The van der Waals surface area contributed by atoms with Crippen LogP contribution in [0, 0.1) is 5.82 Å². The zero-order valence-electron chi connectivity index (χ0n) is 14.8. The predicted octanol–water partition coefficient (Wildman–Crippen LogP) is 3.22. The van der Waals surface area contributed by atoms with Crippen molar-refractivity contribution < 1.29 is 23.0 Å². The Morgan fingerprint density at radius 2 is 1.81 bits per heavy atom. The number of alkyl halides is 2. The summed E-state index contributed by atoms with van der Waals surface area (Å²) in [6, 6.07) is 12.0. The maximum atomic E-state index is 13.0. The van der Waals surface area contributed by atoms with E-state index in [9.17, 15) is 18.3 Å². The van der Waals surface area contributed by atoms with E-state index in [2.05, 4.69) is 20.4 Å². The molecular formula is C19H22F3N3O2. The summed E-state index contributed by atoms with van der Waals surface area (Å²) in [6.07, 6.45) is -0.857. The fourth-order valence-corrected chi connectivity index (χ4v) is 2.35. The van der Waals surface area contributed by atoms with Crippen LogP contribution in [-0.4, -0.2) is 30.8 Å². The Hall–Kier alpha value is -2.74. The average Bonchev–Trinajstić information content (AvgIpc) is 2.65. The molecule has 2 rings (SSSR count). The topological polar surface area (TPSA) is 65.9 Å². The van der Waals surface area contributed by atoms with Crippen molar-refractivity contribution in [2.45, 2.75) is 26.2 Å². The van der Waals surface area contributed by atoms with Crippen LogP contribution in [0.1, 0.15) is 24.2 Å². The Balaban J connectivity index is 2.01. The van der Waals surface area contributed by atoms with E-state index >= 15 is 0 Å². The second-order valence-electron chi connectivity index (χ2n) is 5.63. The number of aliphatic hydroxyl groups excluding tert-OH is 1. The number of aliphatic hydroxyl groups is 1. The van der Waals surface area contributed by atoms with Crippen molar-refractivity contribution in [1.29, 1.82) is 0 Å².